The maximum atomic E-state index is 12.2. The lowest BCUT2D eigenvalue weighted by Gasteiger charge is -2.31. The molecule has 1 aromatic carbocycles. The quantitative estimate of drug-likeness (QED) is 0.647. The fourth-order valence-corrected chi connectivity index (χ4v) is 3.32. The second-order valence-corrected chi connectivity index (χ2v) is 6.79. The lowest BCUT2D eigenvalue weighted by molar-refractivity contribution is -0.138. The van der Waals surface area contributed by atoms with E-state index in [1.165, 1.54) is 10.5 Å². The Labute approximate surface area is 136 Å². The topological polar surface area (TPSA) is 49.4 Å². The molecule has 120 valence electrons. The molecule has 1 atom stereocenters. The van der Waals surface area contributed by atoms with Gasteiger partial charge in [-0.1, -0.05) is 17.7 Å². The van der Waals surface area contributed by atoms with E-state index in [0.717, 1.165) is 5.75 Å². The van der Waals surface area contributed by atoms with E-state index in [1.54, 1.807) is 16.7 Å². The smallest absolute Gasteiger partial charge is 0.224 e. The van der Waals surface area contributed by atoms with Crippen LogP contribution in [0.15, 0.2) is 29.2 Å². The highest BCUT2D eigenvalue weighted by atomic mass is 32.2. The molecule has 22 heavy (non-hydrogen) atoms. The lowest BCUT2D eigenvalue weighted by atomic mass is 9.97. The SMILES string of the molecule is CCN1C[C@H](C(=O)NCCSc2ccc(C)cc2)CCC1=O. The Kier molecular flexibility index (Phi) is 6.31. The van der Waals surface area contributed by atoms with Crippen molar-refractivity contribution in [1.82, 2.24) is 10.2 Å². The summed E-state index contributed by atoms with van der Waals surface area (Å²) in [7, 11) is 0. The zero-order valence-corrected chi connectivity index (χ0v) is 14.1. The number of amides is 2. The van der Waals surface area contributed by atoms with Gasteiger partial charge in [0.05, 0.1) is 5.92 Å². The molecule has 5 heteroatoms. The van der Waals surface area contributed by atoms with Gasteiger partial charge in [-0.3, -0.25) is 9.59 Å². The number of likely N-dealkylation sites (tertiary alicyclic amines) is 1. The molecule has 0 aromatic heterocycles. The van der Waals surface area contributed by atoms with E-state index in [9.17, 15) is 9.59 Å². The third-order valence-corrected chi connectivity index (χ3v) is 4.96. The van der Waals surface area contributed by atoms with Gasteiger partial charge in [-0.05, 0) is 32.4 Å². The third-order valence-electron chi connectivity index (χ3n) is 3.94. The summed E-state index contributed by atoms with van der Waals surface area (Å²) < 4.78 is 0. The number of hydrogen-bond donors (Lipinski definition) is 1. The van der Waals surface area contributed by atoms with Crippen molar-refractivity contribution in [2.45, 2.75) is 31.6 Å². The number of carbonyl (C=O) groups excluding carboxylic acids is 2. The van der Waals surface area contributed by atoms with Gasteiger partial charge < -0.3 is 10.2 Å². The molecule has 0 unspecified atom stereocenters. The summed E-state index contributed by atoms with van der Waals surface area (Å²) in [5.41, 5.74) is 1.25. The molecule has 1 aliphatic heterocycles. The largest absolute Gasteiger partial charge is 0.355 e. The highest BCUT2D eigenvalue weighted by Gasteiger charge is 2.28. The Bertz CT molecular complexity index is 516. The summed E-state index contributed by atoms with van der Waals surface area (Å²) in [4.78, 5) is 26.8. The maximum absolute atomic E-state index is 12.2. The van der Waals surface area contributed by atoms with Crippen molar-refractivity contribution >= 4 is 23.6 Å². The van der Waals surface area contributed by atoms with E-state index in [-0.39, 0.29) is 17.7 Å². The molecule has 4 nitrogen and oxygen atoms in total. The number of hydrogen-bond acceptors (Lipinski definition) is 3. The van der Waals surface area contributed by atoms with Crippen LogP contribution in [0.5, 0.6) is 0 Å². The van der Waals surface area contributed by atoms with Gasteiger partial charge in [-0.15, -0.1) is 11.8 Å². The highest BCUT2D eigenvalue weighted by molar-refractivity contribution is 7.99. The zero-order chi connectivity index (χ0) is 15.9. The normalized spacial score (nSPS) is 18.4. The molecular formula is C17H24N2O2S. The predicted octanol–water partition coefficient (Wildman–Crippen LogP) is 2.46. The second kappa shape index (κ2) is 8.22. The van der Waals surface area contributed by atoms with Gasteiger partial charge in [-0.2, -0.15) is 0 Å². The fourth-order valence-electron chi connectivity index (χ4n) is 2.56. The molecule has 1 aromatic rings. The average molecular weight is 320 g/mol. The molecule has 1 saturated heterocycles. The number of nitrogens with one attached hydrogen (secondary N) is 1. The molecule has 1 fully saturated rings. The number of carbonyl (C=O) groups is 2. The van der Waals surface area contributed by atoms with Gasteiger partial charge in [0.1, 0.15) is 0 Å². The first-order valence-electron chi connectivity index (χ1n) is 7.85. The average Bonchev–Trinajstić information content (AvgIpc) is 2.53. The van der Waals surface area contributed by atoms with E-state index in [4.69, 9.17) is 0 Å². The monoisotopic (exact) mass is 320 g/mol. The number of benzene rings is 1. The van der Waals surface area contributed by atoms with Crippen molar-refractivity contribution in [1.29, 1.82) is 0 Å². The minimum Gasteiger partial charge on any atom is -0.355 e. The summed E-state index contributed by atoms with van der Waals surface area (Å²) in [6.07, 6.45) is 1.16. The first kappa shape index (κ1) is 16.9. The van der Waals surface area contributed by atoms with Crippen LogP contribution >= 0.6 is 11.8 Å². The minimum absolute atomic E-state index is 0.0537. The summed E-state index contributed by atoms with van der Waals surface area (Å²) in [5.74, 6) is 1.05. The van der Waals surface area contributed by atoms with Gasteiger partial charge in [0.25, 0.3) is 0 Å². The summed E-state index contributed by atoms with van der Waals surface area (Å²) in [6, 6.07) is 8.40. The van der Waals surface area contributed by atoms with Crippen LogP contribution in [0.3, 0.4) is 0 Å². The van der Waals surface area contributed by atoms with Crippen LogP contribution in [0.2, 0.25) is 0 Å². The summed E-state index contributed by atoms with van der Waals surface area (Å²) in [6.45, 7) is 5.94. The number of nitrogens with zero attached hydrogens (tertiary/aromatic N) is 1. The second-order valence-electron chi connectivity index (χ2n) is 5.62. The molecule has 1 aliphatic rings. The van der Waals surface area contributed by atoms with Crippen molar-refractivity contribution in [3.05, 3.63) is 29.8 Å². The minimum atomic E-state index is -0.0537. The third kappa shape index (κ3) is 4.77. The fraction of sp³-hybridized carbons (Fsp3) is 0.529. The van der Waals surface area contributed by atoms with Crippen molar-refractivity contribution in [3.63, 3.8) is 0 Å². The van der Waals surface area contributed by atoms with Gasteiger partial charge in [0.2, 0.25) is 11.8 Å². The number of piperidine rings is 1. The van der Waals surface area contributed by atoms with E-state index in [2.05, 4.69) is 36.5 Å². The first-order chi connectivity index (χ1) is 10.6. The number of aryl methyl sites for hydroxylation is 1. The van der Waals surface area contributed by atoms with Crippen LogP contribution in [0.25, 0.3) is 0 Å². The van der Waals surface area contributed by atoms with Gasteiger partial charge in [-0.25, -0.2) is 0 Å². The van der Waals surface area contributed by atoms with Crippen LogP contribution in [0.1, 0.15) is 25.3 Å². The number of rotatable bonds is 6. The van der Waals surface area contributed by atoms with Crippen molar-refractivity contribution in [2.75, 3.05) is 25.4 Å². The van der Waals surface area contributed by atoms with Crippen molar-refractivity contribution in [2.24, 2.45) is 5.92 Å². The van der Waals surface area contributed by atoms with Crippen LogP contribution < -0.4 is 5.32 Å². The molecule has 2 rings (SSSR count). The van der Waals surface area contributed by atoms with Crippen LogP contribution in [-0.2, 0) is 9.59 Å². The molecule has 0 saturated carbocycles. The van der Waals surface area contributed by atoms with E-state index < -0.39 is 0 Å². The lowest BCUT2D eigenvalue weighted by Crippen LogP contribution is -2.45. The van der Waals surface area contributed by atoms with Gasteiger partial charge in [0.15, 0.2) is 0 Å². The maximum Gasteiger partial charge on any atom is 0.224 e. The van der Waals surface area contributed by atoms with Crippen molar-refractivity contribution in [3.8, 4) is 0 Å². The summed E-state index contributed by atoms with van der Waals surface area (Å²) >= 11 is 1.74. The molecule has 1 heterocycles. The Morgan fingerprint density at radius 1 is 1.36 bits per heavy atom. The van der Waals surface area contributed by atoms with Crippen LogP contribution in [0.4, 0.5) is 0 Å². The van der Waals surface area contributed by atoms with Crippen molar-refractivity contribution < 1.29 is 9.59 Å². The first-order valence-corrected chi connectivity index (χ1v) is 8.83. The molecule has 1 N–H and O–H groups in total. The Morgan fingerprint density at radius 2 is 2.09 bits per heavy atom. The molecule has 0 spiro atoms. The predicted molar refractivity (Wildman–Crippen MR) is 89.9 cm³/mol. The molecule has 0 radical (unpaired) electrons. The van der Waals surface area contributed by atoms with E-state index in [0.29, 0.717) is 32.5 Å². The summed E-state index contributed by atoms with van der Waals surface area (Å²) in [5, 5.41) is 3.00. The van der Waals surface area contributed by atoms with Crippen LogP contribution in [0, 0.1) is 12.8 Å². The molecule has 2 amide bonds. The molecule has 0 bridgehead atoms. The standard InChI is InChI=1S/C17H24N2O2S/c1-3-19-12-14(6-9-16(19)20)17(21)18-10-11-22-15-7-4-13(2)5-8-15/h4-5,7-8,14H,3,6,9-12H2,1-2H3,(H,18,21)/t14-/m1/s1. The Morgan fingerprint density at radius 3 is 2.77 bits per heavy atom. The Balaban J connectivity index is 1.69. The van der Waals surface area contributed by atoms with Gasteiger partial charge >= 0.3 is 0 Å². The molecular weight excluding hydrogens is 296 g/mol. The van der Waals surface area contributed by atoms with E-state index in [1.807, 2.05) is 6.92 Å². The van der Waals surface area contributed by atoms with E-state index >= 15 is 0 Å². The molecule has 0 aliphatic carbocycles. The highest BCUT2D eigenvalue weighted by Crippen LogP contribution is 2.19. The zero-order valence-electron chi connectivity index (χ0n) is 13.3. The Hall–Kier alpha value is -1.49. The number of thioether (sulfide) groups is 1. The van der Waals surface area contributed by atoms with Gasteiger partial charge in [0, 0.05) is 36.7 Å². The van der Waals surface area contributed by atoms with Crippen LogP contribution in [-0.4, -0.2) is 42.1 Å².